The van der Waals surface area contributed by atoms with Gasteiger partial charge < -0.3 is 9.13 Å². The third-order valence-electron chi connectivity index (χ3n) is 12.3. The Balaban J connectivity index is 1.28. The lowest BCUT2D eigenvalue weighted by Crippen LogP contribution is -1.99. The highest BCUT2D eigenvalue weighted by molar-refractivity contribution is 6.25. The molecule has 2 heterocycles. The second-order valence-corrected chi connectivity index (χ2v) is 15.6. The number of benzene rings is 10. The number of para-hydroxylation sites is 2. The van der Waals surface area contributed by atoms with Gasteiger partial charge in [-0.25, -0.2) is 0 Å². The van der Waals surface area contributed by atoms with Crippen LogP contribution in [0, 0.1) is 0 Å². The van der Waals surface area contributed by atoms with E-state index in [0.29, 0.717) is 0 Å². The molecule has 12 rings (SSSR count). The van der Waals surface area contributed by atoms with Crippen LogP contribution in [0.5, 0.6) is 0 Å². The van der Waals surface area contributed by atoms with E-state index in [1.165, 1.54) is 93.4 Å². The molecule has 0 spiro atoms. The molecule has 0 aliphatic rings. The minimum atomic E-state index is 1.12. The van der Waals surface area contributed by atoms with E-state index in [0.717, 1.165) is 16.9 Å². The van der Waals surface area contributed by atoms with E-state index < -0.39 is 0 Å². The van der Waals surface area contributed by atoms with Crippen LogP contribution in [-0.4, -0.2) is 9.13 Å². The Morgan fingerprint density at radius 1 is 0.217 bits per heavy atom. The van der Waals surface area contributed by atoms with Gasteiger partial charge in [0, 0.05) is 33.1 Å². The summed E-state index contributed by atoms with van der Waals surface area (Å²) in [6.45, 7) is 0. The number of aromatic nitrogens is 2. The first kappa shape index (κ1) is 34.1. The minimum Gasteiger partial charge on any atom is -0.309 e. The highest BCUT2D eigenvalue weighted by atomic mass is 15.0. The van der Waals surface area contributed by atoms with Gasteiger partial charge in [-0.15, -0.1) is 0 Å². The highest BCUT2D eigenvalue weighted by Crippen LogP contribution is 2.49. The summed E-state index contributed by atoms with van der Waals surface area (Å²) in [6, 6.07) is 84.3. The summed E-state index contributed by atoms with van der Waals surface area (Å²) in [5, 5.41) is 8.62. The standard InChI is InChI=1S/C58H38N2/c1-6-20-39(21-7-1)55-46-31-16-17-32-47(46)56(40-22-8-2-9-23-40)50-38-54-51(37-49(50)55)57(41-24-10-3-11-25-41)58(42-26-12-4-13-27-42)60(54)44-34-35-53-48(36-44)45-30-18-19-33-52(45)59(53)43-28-14-5-15-29-43/h1-38H. The predicted octanol–water partition coefficient (Wildman–Crippen LogP) is 15.7. The van der Waals surface area contributed by atoms with Gasteiger partial charge in [0.2, 0.25) is 0 Å². The minimum absolute atomic E-state index is 1.12. The highest BCUT2D eigenvalue weighted by Gasteiger charge is 2.25. The first-order valence-corrected chi connectivity index (χ1v) is 20.7. The monoisotopic (exact) mass is 762 g/mol. The second kappa shape index (κ2) is 13.9. The van der Waals surface area contributed by atoms with Crippen molar-refractivity contribution in [1.82, 2.24) is 9.13 Å². The summed E-state index contributed by atoms with van der Waals surface area (Å²) in [4.78, 5) is 0. The summed E-state index contributed by atoms with van der Waals surface area (Å²) in [7, 11) is 0. The Hall–Kier alpha value is -7.94. The maximum Gasteiger partial charge on any atom is 0.0619 e. The topological polar surface area (TPSA) is 9.86 Å². The fraction of sp³-hybridized carbons (Fsp3) is 0. The average Bonchev–Trinajstić information content (AvgIpc) is 3.84. The van der Waals surface area contributed by atoms with Crippen LogP contribution >= 0.6 is 0 Å². The Morgan fingerprint density at radius 3 is 1.25 bits per heavy atom. The molecule has 2 aromatic heterocycles. The van der Waals surface area contributed by atoms with Gasteiger partial charge in [-0.1, -0.05) is 182 Å². The number of rotatable bonds is 6. The summed E-state index contributed by atoms with van der Waals surface area (Å²) in [6.07, 6.45) is 0. The Labute approximate surface area is 348 Å². The van der Waals surface area contributed by atoms with E-state index in [9.17, 15) is 0 Å². The van der Waals surface area contributed by atoms with Crippen LogP contribution < -0.4 is 0 Å². The first-order valence-electron chi connectivity index (χ1n) is 20.7. The SMILES string of the molecule is c1ccc(-c2c3ccccc3c(-c3ccccc3)c3cc4c(cc23)c(-c2ccccc2)c(-c2ccccc2)n4-c2ccc3c(c2)c2ccccc2n3-c2ccccc2)cc1. The third kappa shape index (κ3) is 5.28. The van der Waals surface area contributed by atoms with Crippen molar-refractivity contribution in [2.45, 2.75) is 0 Å². The molecule has 0 N–H and O–H groups in total. The molecule has 10 aromatic carbocycles. The van der Waals surface area contributed by atoms with Crippen LogP contribution in [0.2, 0.25) is 0 Å². The van der Waals surface area contributed by atoms with Gasteiger partial charge in [0.05, 0.1) is 22.2 Å². The van der Waals surface area contributed by atoms with Crippen molar-refractivity contribution >= 4 is 54.3 Å². The smallest absolute Gasteiger partial charge is 0.0619 e. The normalized spacial score (nSPS) is 11.7. The molecule has 0 radical (unpaired) electrons. The molecule has 0 bridgehead atoms. The van der Waals surface area contributed by atoms with E-state index in [1.54, 1.807) is 0 Å². The fourth-order valence-electron chi connectivity index (χ4n) is 9.78. The zero-order valence-corrected chi connectivity index (χ0v) is 32.8. The van der Waals surface area contributed by atoms with Crippen LogP contribution in [0.1, 0.15) is 0 Å². The molecule has 0 unspecified atom stereocenters. The van der Waals surface area contributed by atoms with E-state index in [1.807, 2.05) is 0 Å². The zero-order chi connectivity index (χ0) is 39.6. The summed E-state index contributed by atoms with van der Waals surface area (Å²) >= 11 is 0. The molecule has 12 aromatic rings. The van der Waals surface area contributed by atoms with Crippen LogP contribution in [0.15, 0.2) is 231 Å². The van der Waals surface area contributed by atoms with Crippen molar-refractivity contribution in [2.75, 3.05) is 0 Å². The van der Waals surface area contributed by atoms with Crippen molar-refractivity contribution in [2.24, 2.45) is 0 Å². The van der Waals surface area contributed by atoms with Crippen LogP contribution in [-0.2, 0) is 0 Å². The quantitative estimate of drug-likeness (QED) is 0.149. The maximum atomic E-state index is 2.53. The molecule has 0 aliphatic heterocycles. The summed E-state index contributed by atoms with van der Waals surface area (Å²) < 4.78 is 4.93. The summed E-state index contributed by atoms with van der Waals surface area (Å²) in [5.41, 5.74) is 15.5. The molecular weight excluding hydrogens is 725 g/mol. The molecule has 0 saturated carbocycles. The molecule has 2 nitrogen and oxygen atoms in total. The molecule has 0 atom stereocenters. The van der Waals surface area contributed by atoms with Crippen molar-refractivity contribution in [3.63, 3.8) is 0 Å². The lowest BCUT2D eigenvalue weighted by Gasteiger charge is -2.19. The first-order chi connectivity index (χ1) is 29.8. The molecule has 0 saturated heterocycles. The lowest BCUT2D eigenvalue weighted by atomic mass is 9.85. The fourth-order valence-corrected chi connectivity index (χ4v) is 9.78. The van der Waals surface area contributed by atoms with Crippen LogP contribution in [0.25, 0.3) is 110 Å². The molecular formula is C58H38N2. The van der Waals surface area contributed by atoms with Gasteiger partial charge in [-0.3, -0.25) is 0 Å². The third-order valence-corrected chi connectivity index (χ3v) is 12.3. The van der Waals surface area contributed by atoms with E-state index >= 15 is 0 Å². The van der Waals surface area contributed by atoms with E-state index in [2.05, 4.69) is 240 Å². The molecule has 60 heavy (non-hydrogen) atoms. The molecule has 0 amide bonds. The largest absolute Gasteiger partial charge is 0.309 e. The second-order valence-electron chi connectivity index (χ2n) is 15.6. The van der Waals surface area contributed by atoms with Gasteiger partial charge in [0.15, 0.2) is 0 Å². The van der Waals surface area contributed by atoms with Crippen LogP contribution in [0.3, 0.4) is 0 Å². The number of hydrogen-bond donors (Lipinski definition) is 0. The predicted molar refractivity (Wildman–Crippen MR) is 254 cm³/mol. The summed E-state index contributed by atoms with van der Waals surface area (Å²) in [5.74, 6) is 0. The zero-order valence-electron chi connectivity index (χ0n) is 32.8. The van der Waals surface area contributed by atoms with E-state index in [-0.39, 0.29) is 0 Å². The number of hydrogen-bond acceptors (Lipinski definition) is 0. The van der Waals surface area contributed by atoms with Gasteiger partial charge in [0.25, 0.3) is 0 Å². The van der Waals surface area contributed by atoms with Crippen molar-refractivity contribution in [3.8, 4) is 56.0 Å². The Bertz CT molecular complexity index is 3550. The van der Waals surface area contributed by atoms with Gasteiger partial charge in [-0.05, 0) is 103 Å². The lowest BCUT2D eigenvalue weighted by molar-refractivity contribution is 1.14. The molecule has 0 aliphatic carbocycles. The van der Waals surface area contributed by atoms with Crippen molar-refractivity contribution in [3.05, 3.63) is 231 Å². The van der Waals surface area contributed by atoms with E-state index in [4.69, 9.17) is 0 Å². The van der Waals surface area contributed by atoms with Crippen molar-refractivity contribution in [1.29, 1.82) is 0 Å². The van der Waals surface area contributed by atoms with Gasteiger partial charge in [0.1, 0.15) is 0 Å². The maximum absolute atomic E-state index is 2.53. The Morgan fingerprint density at radius 2 is 0.667 bits per heavy atom. The Kier molecular flexibility index (Phi) is 7.89. The van der Waals surface area contributed by atoms with Gasteiger partial charge >= 0.3 is 0 Å². The molecule has 280 valence electrons. The number of nitrogens with zero attached hydrogens (tertiary/aromatic N) is 2. The molecule has 0 fully saturated rings. The average molecular weight is 763 g/mol. The number of fused-ring (bicyclic) bond motifs is 6. The van der Waals surface area contributed by atoms with Crippen LogP contribution in [0.4, 0.5) is 0 Å². The molecule has 2 heteroatoms. The van der Waals surface area contributed by atoms with Crippen molar-refractivity contribution < 1.29 is 0 Å². The van der Waals surface area contributed by atoms with Gasteiger partial charge in [-0.2, -0.15) is 0 Å².